The zero-order chi connectivity index (χ0) is 12.3. The van der Waals surface area contributed by atoms with E-state index in [9.17, 15) is 22.4 Å². The van der Waals surface area contributed by atoms with E-state index in [4.69, 9.17) is 0 Å². The number of nitrogens with one attached hydrogen (secondary N) is 1. The number of rotatable bonds is 3. The van der Waals surface area contributed by atoms with Gasteiger partial charge in [0.05, 0.1) is 4.47 Å². The van der Waals surface area contributed by atoms with Crippen molar-refractivity contribution in [2.75, 3.05) is 5.32 Å². The maximum absolute atomic E-state index is 12.6. The normalized spacial score (nSPS) is 11.6. The van der Waals surface area contributed by atoms with E-state index in [1.807, 2.05) is 0 Å². The summed E-state index contributed by atoms with van der Waals surface area (Å²) in [7, 11) is 0. The molecule has 0 fully saturated rings. The first-order chi connectivity index (χ1) is 7.35. The quantitative estimate of drug-likeness (QED) is 0.872. The fraction of sp³-hybridized carbons (Fsp3) is 0.250. The van der Waals surface area contributed by atoms with Gasteiger partial charge in [0, 0.05) is 6.20 Å². The summed E-state index contributed by atoms with van der Waals surface area (Å²) in [6.07, 6.45) is -2.84. The summed E-state index contributed by atoms with van der Waals surface area (Å²) in [4.78, 5) is 14.4. The first-order valence-corrected chi connectivity index (χ1v) is 4.73. The smallest absolute Gasteiger partial charge is 0.304 e. The number of pyridine rings is 1. The molecule has 0 atom stereocenters. The second-order valence-electron chi connectivity index (χ2n) is 2.71. The van der Waals surface area contributed by atoms with Crippen LogP contribution in [0.15, 0.2) is 22.8 Å². The van der Waals surface area contributed by atoms with Gasteiger partial charge in [-0.2, -0.15) is 8.78 Å². The van der Waals surface area contributed by atoms with E-state index in [2.05, 4.69) is 20.9 Å². The molecule has 16 heavy (non-hydrogen) atoms. The van der Waals surface area contributed by atoms with Gasteiger partial charge < -0.3 is 5.32 Å². The van der Waals surface area contributed by atoms with E-state index >= 15 is 0 Å². The third-order valence-electron chi connectivity index (χ3n) is 1.57. The summed E-state index contributed by atoms with van der Waals surface area (Å²) in [6.45, 7) is 0. The molecule has 1 N–H and O–H groups in total. The van der Waals surface area contributed by atoms with Gasteiger partial charge in [-0.1, -0.05) is 0 Å². The summed E-state index contributed by atoms with van der Waals surface area (Å²) in [6, 6.07) is 2.90. The molecule has 0 saturated carbocycles. The molecule has 0 aromatic carbocycles. The average molecular weight is 301 g/mol. The Morgan fingerprint density at radius 3 is 2.62 bits per heavy atom. The highest BCUT2D eigenvalue weighted by atomic mass is 79.9. The topological polar surface area (TPSA) is 42.0 Å². The molecule has 1 heterocycles. The van der Waals surface area contributed by atoms with Gasteiger partial charge in [-0.25, -0.2) is 13.8 Å². The van der Waals surface area contributed by atoms with Gasteiger partial charge in [-0.3, -0.25) is 4.79 Å². The molecule has 0 bridgehead atoms. The maximum Gasteiger partial charge on any atom is 0.383 e. The summed E-state index contributed by atoms with van der Waals surface area (Å²) in [5.74, 6) is -7.08. The lowest BCUT2D eigenvalue weighted by atomic mass is 10.3. The highest BCUT2D eigenvalue weighted by Crippen LogP contribution is 2.26. The van der Waals surface area contributed by atoms with Crippen LogP contribution in [0, 0.1) is 0 Å². The van der Waals surface area contributed by atoms with E-state index in [1.54, 1.807) is 5.32 Å². The minimum Gasteiger partial charge on any atom is -0.304 e. The van der Waals surface area contributed by atoms with Gasteiger partial charge >= 0.3 is 18.3 Å². The van der Waals surface area contributed by atoms with E-state index in [-0.39, 0.29) is 10.3 Å². The molecule has 0 aliphatic rings. The van der Waals surface area contributed by atoms with Crippen molar-refractivity contribution in [3.8, 4) is 0 Å². The first kappa shape index (κ1) is 12.9. The molecule has 0 spiro atoms. The third-order valence-corrected chi connectivity index (χ3v) is 2.21. The van der Waals surface area contributed by atoms with Crippen LogP contribution in [0.4, 0.5) is 23.4 Å². The number of anilines is 1. The zero-order valence-electron chi connectivity index (χ0n) is 7.55. The number of aromatic nitrogens is 1. The third kappa shape index (κ3) is 2.69. The van der Waals surface area contributed by atoms with E-state index in [1.165, 1.54) is 18.3 Å². The Kier molecular flexibility index (Phi) is 3.84. The van der Waals surface area contributed by atoms with Crippen LogP contribution in [0.1, 0.15) is 0 Å². The van der Waals surface area contributed by atoms with Gasteiger partial charge in [-0.15, -0.1) is 0 Å². The van der Waals surface area contributed by atoms with Gasteiger partial charge in [0.15, 0.2) is 0 Å². The summed E-state index contributed by atoms with van der Waals surface area (Å²) in [5, 5.41) is 1.60. The standard InChI is InChI=1S/C8H5BrF4N2O/c9-4-2-1-3-14-5(4)15-7(16)8(12,13)6(10)11/h1-3,6H,(H,14,15,16). The van der Waals surface area contributed by atoms with Crippen molar-refractivity contribution in [3.05, 3.63) is 22.8 Å². The van der Waals surface area contributed by atoms with Crippen LogP contribution >= 0.6 is 15.9 Å². The number of carbonyl (C=O) groups excluding carboxylic acids is 1. The van der Waals surface area contributed by atoms with Gasteiger partial charge in [0.1, 0.15) is 5.82 Å². The number of nitrogens with zero attached hydrogens (tertiary/aromatic N) is 1. The predicted molar refractivity (Wildman–Crippen MR) is 51.5 cm³/mol. The van der Waals surface area contributed by atoms with Crippen LogP contribution in [-0.2, 0) is 4.79 Å². The highest BCUT2D eigenvalue weighted by molar-refractivity contribution is 9.10. The van der Waals surface area contributed by atoms with E-state index in [0.717, 1.165) is 0 Å². The van der Waals surface area contributed by atoms with Crippen molar-refractivity contribution in [2.24, 2.45) is 0 Å². The number of alkyl halides is 4. The Balaban J connectivity index is 2.84. The number of halogens is 5. The minimum atomic E-state index is -4.74. The Bertz CT molecular complexity index is 399. The first-order valence-electron chi connectivity index (χ1n) is 3.93. The Morgan fingerprint density at radius 1 is 1.50 bits per heavy atom. The van der Waals surface area contributed by atoms with Crippen molar-refractivity contribution < 1.29 is 22.4 Å². The van der Waals surface area contributed by atoms with Crippen LogP contribution in [0.5, 0.6) is 0 Å². The molecule has 0 unspecified atom stereocenters. The summed E-state index contributed by atoms with van der Waals surface area (Å²) >= 11 is 2.92. The number of carbonyl (C=O) groups is 1. The largest absolute Gasteiger partial charge is 0.383 e. The van der Waals surface area contributed by atoms with Gasteiger partial charge in [-0.05, 0) is 28.1 Å². The molecular formula is C8H5BrF4N2O. The maximum atomic E-state index is 12.6. The van der Waals surface area contributed by atoms with Gasteiger partial charge in [0.25, 0.3) is 0 Å². The van der Waals surface area contributed by atoms with Gasteiger partial charge in [0.2, 0.25) is 0 Å². The number of amides is 1. The average Bonchev–Trinajstić information content (AvgIpc) is 2.21. The molecule has 1 rings (SSSR count). The van der Waals surface area contributed by atoms with Crippen molar-refractivity contribution in [2.45, 2.75) is 12.3 Å². The Hall–Kier alpha value is -1.18. The monoisotopic (exact) mass is 300 g/mol. The SMILES string of the molecule is O=C(Nc1ncccc1Br)C(F)(F)C(F)F. The van der Waals surface area contributed by atoms with Crippen molar-refractivity contribution in [3.63, 3.8) is 0 Å². The van der Waals surface area contributed by atoms with Crippen molar-refractivity contribution in [1.29, 1.82) is 0 Å². The van der Waals surface area contributed by atoms with Crippen molar-refractivity contribution >= 4 is 27.7 Å². The lowest BCUT2D eigenvalue weighted by Crippen LogP contribution is -2.41. The molecule has 0 radical (unpaired) electrons. The predicted octanol–water partition coefficient (Wildman–Crippen LogP) is 2.68. The second kappa shape index (κ2) is 4.77. The highest BCUT2D eigenvalue weighted by Gasteiger charge is 2.49. The molecule has 0 saturated heterocycles. The molecule has 3 nitrogen and oxygen atoms in total. The molecular weight excluding hydrogens is 296 g/mol. The van der Waals surface area contributed by atoms with Crippen LogP contribution < -0.4 is 5.32 Å². The lowest BCUT2D eigenvalue weighted by molar-refractivity contribution is -0.163. The van der Waals surface area contributed by atoms with Crippen LogP contribution in [0.25, 0.3) is 0 Å². The summed E-state index contributed by atoms with van der Waals surface area (Å²) < 4.78 is 49.0. The van der Waals surface area contributed by atoms with Crippen LogP contribution in [-0.4, -0.2) is 23.2 Å². The van der Waals surface area contributed by atoms with Crippen molar-refractivity contribution in [1.82, 2.24) is 4.98 Å². The molecule has 1 amide bonds. The van der Waals surface area contributed by atoms with Crippen LogP contribution in [0.2, 0.25) is 0 Å². The molecule has 1 aromatic heterocycles. The Labute approximate surface area is 96.0 Å². The van der Waals surface area contributed by atoms with E-state index < -0.39 is 18.3 Å². The van der Waals surface area contributed by atoms with Crippen LogP contribution in [0.3, 0.4) is 0 Å². The molecule has 8 heteroatoms. The van der Waals surface area contributed by atoms with E-state index in [0.29, 0.717) is 0 Å². The zero-order valence-corrected chi connectivity index (χ0v) is 9.14. The lowest BCUT2D eigenvalue weighted by Gasteiger charge is -2.14. The fourth-order valence-electron chi connectivity index (χ4n) is 0.768. The molecule has 0 aliphatic heterocycles. The molecule has 0 aliphatic carbocycles. The second-order valence-corrected chi connectivity index (χ2v) is 3.57. The Morgan fingerprint density at radius 2 is 2.12 bits per heavy atom. The number of hydrogen-bond acceptors (Lipinski definition) is 2. The fourth-order valence-corrected chi connectivity index (χ4v) is 1.12. The minimum absolute atomic E-state index is 0.216. The molecule has 1 aromatic rings. The summed E-state index contributed by atoms with van der Waals surface area (Å²) in [5.41, 5.74) is 0. The molecule has 88 valence electrons. The number of hydrogen-bond donors (Lipinski definition) is 1.